The van der Waals surface area contributed by atoms with Gasteiger partial charge in [-0.05, 0) is 30.7 Å². The second-order valence-corrected chi connectivity index (χ2v) is 8.78. The number of amidine groups is 1. The molecule has 1 aliphatic rings. The van der Waals surface area contributed by atoms with Crippen LogP contribution >= 0.6 is 46.6 Å². The lowest BCUT2D eigenvalue weighted by molar-refractivity contribution is 0.0859. The summed E-state index contributed by atoms with van der Waals surface area (Å²) in [6.07, 6.45) is 0. The molecule has 1 aliphatic heterocycles. The van der Waals surface area contributed by atoms with Crippen LogP contribution in [0, 0.1) is 6.92 Å². The molecule has 0 N–H and O–H groups in total. The molecule has 0 saturated carbocycles. The highest BCUT2D eigenvalue weighted by atomic mass is 35.5. The van der Waals surface area contributed by atoms with Gasteiger partial charge in [-0.1, -0.05) is 76.0 Å². The third-order valence-electron chi connectivity index (χ3n) is 4.62. The number of amides is 1. The van der Waals surface area contributed by atoms with Gasteiger partial charge in [0.2, 0.25) is 0 Å². The van der Waals surface area contributed by atoms with Gasteiger partial charge in [-0.3, -0.25) is 14.7 Å². The lowest BCUT2D eigenvalue weighted by Gasteiger charge is -2.18. The van der Waals surface area contributed by atoms with Crippen LogP contribution in [-0.4, -0.2) is 34.2 Å². The first kappa shape index (κ1) is 21.2. The molecule has 0 unspecified atom stereocenters. The van der Waals surface area contributed by atoms with Gasteiger partial charge in [-0.15, -0.1) is 0 Å². The van der Waals surface area contributed by atoms with E-state index in [4.69, 9.17) is 39.3 Å². The first-order valence-electron chi connectivity index (χ1n) is 9.10. The number of thioether (sulfide) groups is 1. The minimum Gasteiger partial charge on any atom is -0.360 e. The van der Waals surface area contributed by atoms with Gasteiger partial charge in [0.05, 0.1) is 11.6 Å². The van der Waals surface area contributed by atoms with Crippen molar-refractivity contribution in [2.24, 2.45) is 4.99 Å². The number of aromatic nitrogens is 1. The first-order valence-corrected chi connectivity index (χ1v) is 11.2. The summed E-state index contributed by atoms with van der Waals surface area (Å²) < 4.78 is 5.34. The van der Waals surface area contributed by atoms with Gasteiger partial charge < -0.3 is 4.52 Å². The van der Waals surface area contributed by atoms with E-state index in [0.29, 0.717) is 61.7 Å². The Morgan fingerprint density at radius 3 is 2.73 bits per heavy atom. The zero-order chi connectivity index (χ0) is 21.3. The SMILES string of the molecule is Cc1onc(-c2ccccc2Cl)c1C(=O)N1CCN=C1SCc1ccc(Cl)cc1Cl. The number of carbonyl (C=O) groups excluding carboxylic acids is 1. The molecule has 0 saturated heterocycles. The third-order valence-corrected chi connectivity index (χ3v) is 6.60. The smallest absolute Gasteiger partial charge is 0.265 e. The van der Waals surface area contributed by atoms with E-state index >= 15 is 0 Å². The van der Waals surface area contributed by atoms with Gasteiger partial charge in [0.1, 0.15) is 17.0 Å². The summed E-state index contributed by atoms with van der Waals surface area (Å²) in [5.74, 6) is 0.792. The number of hydrogen-bond donors (Lipinski definition) is 0. The molecular weight excluding hydrogens is 465 g/mol. The van der Waals surface area contributed by atoms with Gasteiger partial charge in [-0.2, -0.15) is 0 Å². The normalized spacial score (nSPS) is 13.6. The van der Waals surface area contributed by atoms with Crippen LogP contribution in [0.5, 0.6) is 0 Å². The van der Waals surface area contributed by atoms with Crippen molar-refractivity contribution in [3.63, 3.8) is 0 Å². The first-order chi connectivity index (χ1) is 14.5. The van der Waals surface area contributed by atoms with Crippen LogP contribution in [0.3, 0.4) is 0 Å². The quantitative estimate of drug-likeness (QED) is 0.436. The Balaban J connectivity index is 1.57. The van der Waals surface area contributed by atoms with Crippen molar-refractivity contribution in [3.8, 4) is 11.3 Å². The Kier molecular flexibility index (Phi) is 6.39. The molecule has 9 heteroatoms. The van der Waals surface area contributed by atoms with Crippen molar-refractivity contribution in [1.82, 2.24) is 10.1 Å². The maximum atomic E-state index is 13.4. The van der Waals surface area contributed by atoms with Gasteiger partial charge in [0, 0.05) is 27.9 Å². The van der Waals surface area contributed by atoms with Crippen molar-refractivity contribution in [2.75, 3.05) is 13.1 Å². The summed E-state index contributed by atoms with van der Waals surface area (Å²) in [5, 5.41) is 6.40. The fourth-order valence-corrected chi connectivity index (χ4v) is 4.94. The molecule has 2 aromatic carbocycles. The number of aryl methyl sites for hydroxylation is 1. The fourth-order valence-electron chi connectivity index (χ4n) is 3.12. The van der Waals surface area contributed by atoms with Gasteiger partial charge in [0.25, 0.3) is 5.91 Å². The predicted molar refractivity (Wildman–Crippen MR) is 123 cm³/mol. The number of nitrogens with zero attached hydrogens (tertiary/aromatic N) is 3. The Bertz CT molecular complexity index is 1150. The molecule has 1 aromatic heterocycles. The lowest BCUT2D eigenvalue weighted by Crippen LogP contribution is -2.33. The highest BCUT2D eigenvalue weighted by Crippen LogP contribution is 2.33. The van der Waals surface area contributed by atoms with Crippen LogP contribution in [0.2, 0.25) is 15.1 Å². The highest BCUT2D eigenvalue weighted by molar-refractivity contribution is 8.13. The number of rotatable bonds is 4. The standard InChI is InChI=1S/C21H16Cl3N3O2S/c1-12-18(19(26-29-12)15-4-2-3-5-16(15)23)20(28)27-9-8-25-21(27)30-11-13-6-7-14(22)10-17(13)24/h2-7,10H,8-9,11H2,1H3. The Hall–Kier alpha value is -1.99. The van der Waals surface area contributed by atoms with Crippen molar-refractivity contribution in [2.45, 2.75) is 12.7 Å². The van der Waals surface area contributed by atoms with Crippen LogP contribution in [0.4, 0.5) is 0 Å². The number of hydrogen-bond acceptors (Lipinski definition) is 5. The van der Waals surface area contributed by atoms with Crippen LogP contribution in [-0.2, 0) is 5.75 Å². The van der Waals surface area contributed by atoms with Crippen LogP contribution in [0.1, 0.15) is 21.7 Å². The second-order valence-electron chi connectivity index (χ2n) is 6.59. The maximum Gasteiger partial charge on any atom is 0.265 e. The maximum absolute atomic E-state index is 13.4. The minimum absolute atomic E-state index is 0.213. The van der Waals surface area contributed by atoms with Crippen molar-refractivity contribution >= 4 is 57.6 Å². The molecule has 0 aliphatic carbocycles. The molecule has 5 nitrogen and oxygen atoms in total. The molecule has 0 bridgehead atoms. The number of carbonyl (C=O) groups is 1. The molecule has 0 fully saturated rings. The average molecular weight is 481 g/mol. The van der Waals surface area contributed by atoms with E-state index in [1.165, 1.54) is 11.8 Å². The fraction of sp³-hybridized carbons (Fsp3) is 0.190. The highest BCUT2D eigenvalue weighted by Gasteiger charge is 2.31. The molecule has 0 spiro atoms. The molecule has 4 rings (SSSR count). The van der Waals surface area contributed by atoms with E-state index in [0.717, 1.165) is 5.56 Å². The average Bonchev–Trinajstić information content (AvgIpc) is 3.34. The topological polar surface area (TPSA) is 58.7 Å². The minimum atomic E-state index is -0.213. The molecule has 3 aromatic rings. The van der Waals surface area contributed by atoms with Crippen molar-refractivity contribution in [3.05, 3.63) is 74.4 Å². The monoisotopic (exact) mass is 479 g/mol. The molecule has 30 heavy (non-hydrogen) atoms. The second kappa shape index (κ2) is 9.02. The van der Waals surface area contributed by atoms with E-state index in [1.54, 1.807) is 30.0 Å². The van der Waals surface area contributed by atoms with Crippen LogP contribution < -0.4 is 0 Å². The van der Waals surface area contributed by atoms with E-state index < -0.39 is 0 Å². The Morgan fingerprint density at radius 1 is 1.17 bits per heavy atom. The largest absolute Gasteiger partial charge is 0.360 e. The van der Waals surface area contributed by atoms with Crippen molar-refractivity contribution in [1.29, 1.82) is 0 Å². The van der Waals surface area contributed by atoms with E-state index in [-0.39, 0.29) is 5.91 Å². The summed E-state index contributed by atoms with van der Waals surface area (Å²) in [6, 6.07) is 12.6. The summed E-state index contributed by atoms with van der Waals surface area (Å²) in [6.45, 7) is 2.74. The van der Waals surface area contributed by atoms with Crippen LogP contribution in [0.25, 0.3) is 11.3 Å². The summed E-state index contributed by atoms with van der Waals surface area (Å²) >= 11 is 20.0. The van der Waals surface area contributed by atoms with Gasteiger partial charge in [0.15, 0.2) is 5.17 Å². The van der Waals surface area contributed by atoms with Crippen LogP contribution in [0.15, 0.2) is 52.0 Å². The van der Waals surface area contributed by atoms with Gasteiger partial charge in [-0.25, -0.2) is 0 Å². The van der Waals surface area contributed by atoms with Gasteiger partial charge >= 0.3 is 0 Å². The lowest BCUT2D eigenvalue weighted by atomic mass is 10.1. The Labute approximate surface area is 193 Å². The summed E-state index contributed by atoms with van der Waals surface area (Å²) in [7, 11) is 0. The molecule has 0 radical (unpaired) electrons. The number of halogens is 3. The molecule has 1 amide bonds. The summed E-state index contributed by atoms with van der Waals surface area (Å²) in [5.41, 5.74) is 2.39. The van der Waals surface area contributed by atoms with E-state index in [2.05, 4.69) is 10.1 Å². The molecule has 2 heterocycles. The van der Waals surface area contributed by atoms with E-state index in [1.807, 2.05) is 24.3 Å². The number of benzene rings is 2. The third kappa shape index (κ3) is 4.23. The summed E-state index contributed by atoms with van der Waals surface area (Å²) in [4.78, 5) is 19.6. The zero-order valence-corrected chi connectivity index (χ0v) is 18.9. The molecular formula is C21H16Cl3N3O2S. The van der Waals surface area contributed by atoms with Crippen molar-refractivity contribution < 1.29 is 9.32 Å². The predicted octanol–water partition coefficient (Wildman–Crippen LogP) is 6.36. The molecule has 154 valence electrons. The van der Waals surface area contributed by atoms with E-state index in [9.17, 15) is 4.79 Å². The molecule has 0 atom stereocenters. The Morgan fingerprint density at radius 2 is 1.97 bits per heavy atom. The number of aliphatic imine (C=N–C) groups is 1. The zero-order valence-electron chi connectivity index (χ0n) is 15.9.